The number of benzene rings is 1. The van der Waals surface area contributed by atoms with E-state index < -0.39 is 0 Å². The van der Waals surface area contributed by atoms with E-state index in [2.05, 4.69) is 42.6 Å². The molecular weight excluding hydrogens is 250 g/mol. The average Bonchev–Trinajstić information content (AvgIpc) is 2.94. The minimum atomic E-state index is 0.931. The molecule has 1 aromatic heterocycles. The quantitative estimate of drug-likeness (QED) is 0.776. The monoisotopic (exact) mass is 269 g/mol. The fourth-order valence-corrected chi connectivity index (χ4v) is 3.43. The summed E-state index contributed by atoms with van der Waals surface area (Å²) in [7, 11) is 0. The summed E-state index contributed by atoms with van der Waals surface area (Å²) in [4.78, 5) is 6.21. The van der Waals surface area contributed by atoms with Crippen LogP contribution in [0.2, 0.25) is 0 Å². The number of nitrogens with zero attached hydrogens (tertiary/aromatic N) is 1. The van der Waals surface area contributed by atoms with Crippen molar-refractivity contribution in [3.05, 3.63) is 57.3 Å². The first kappa shape index (κ1) is 12.6. The predicted octanol–water partition coefficient (Wildman–Crippen LogP) is 4.48. The lowest BCUT2D eigenvalue weighted by Crippen LogP contribution is -2.11. The minimum Gasteiger partial charge on any atom is -0.284 e. The van der Waals surface area contributed by atoms with Crippen LogP contribution in [0.1, 0.15) is 41.3 Å². The summed E-state index contributed by atoms with van der Waals surface area (Å²) in [6.07, 6.45) is 4.82. The van der Waals surface area contributed by atoms with E-state index in [1.807, 2.05) is 11.3 Å². The van der Waals surface area contributed by atoms with Crippen LogP contribution in [-0.2, 0) is 12.8 Å². The molecule has 2 heterocycles. The molecular formula is C17H19NS. The Kier molecular flexibility index (Phi) is 3.79. The number of hydrogen-bond donors (Lipinski definition) is 0. The fourth-order valence-electron chi connectivity index (χ4n) is 2.56. The molecule has 0 fully saturated rings. The van der Waals surface area contributed by atoms with Gasteiger partial charge in [-0.2, -0.15) is 0 Å². The zero-order valence-corrected chi connectivity index (χ0v) is 12.2. The van der Waals surface area contributed by atoms with Gasteiger partial charge in [-0.05, 0) is 29.9 Å². The zero-order valence-electron chi connectivity index (χ0n) is 11.4. The zero-order chi connectivity index (χ0) is 13.1. The van der Waals surface area contributed by atoms with Gasteiger partial charge in [-0.25, -0.2) is 0 Å². The summed E-state index contributed by atoms with van der Waals surface area (Å²) in [6.45, 7) is 3.17. The van der Waals surface area contributed by atoms with Crippen LogP contribution in [0.3, 0.4) is 0 Å². The first-order chi connectivity index (χ1) is 9.38. The Bertz CT molecular complexity index is 578. The topological polar surface area (TPSA) is 12.4 Å². The second kappa shape index (κ2) is 5.70. The van der Waals surface area contributed by atoms with Gasteiger partial charge in [0.1, 0.15) is 0 Å². The van der Waals surface area contributed by atoms with E-state index in [-0.39, 0.29) is 0 Å². The first-order valence-corrected chi connectivity index (χ1v) is 7.97. The molecule has 0 aliphatic carbocycles. The molecule has 0 atom stereocenters. The van der Waals surface area contributed by atoms with Gasteiger partial charge < -0.3 is 0 Å². The Balaban J connectivity index is 1.85. The van der Waals surface area contributed by atoms with Crippen LogP contribution in [0.15, 0.2) is 40.7 Å². The lowest BCUT2D eigenvalue weighted by atomic mass is 9.98. The summed E-state index contributed by atoms with van der Waals surface area (Å²) in [6, 6.07) is 11.2. The minimum absolute atomic E-state index is 0.931. The highest BCUT2D eigenvalue weighted by Gasteiger charge is 2.16. The van der Waals surface area contributed by atoms with Gasteiger partial charge in [-0.1, -0.05) is 37.6 Å². The summed E-state index contributed by atoms with van der Waals surface area (Å²) in [5, 5.41) is 2.18. The molecule has 3 rings (SSSR count). The molecule has 0 amide bonds. The third kappa shape index (κ3) is 2.64. The van der Waals surface area contributed by atoms with Crippen LogP contribution in [0.25, 0.3) is 0 Å². The van der Waals surface area contributed by atoms with Crippen molar-refractivity contribution in [1.29, 1.82) is 0 Å². The van der Waals surface area contributed by atoms with Crippen molar-refractivity contribution in [1.82, 2.24) is 0 Å². The molecule has 19 heavy (non-hydrogen) atoms. The van der Waals surface area contributed by atoms with Gasteiger partial charge in [0, 0.05) is 29.0 Å². The van der Waals surface area contributed by atoms with Crippen molar-refractivity contribution < 1.29 is 0 Å². The van der Waals surface area contributed by atoms with Crippen LogP contribution >= 0.6 is 11.3 Å². The number of unbranched alkanes of at least 4 members (excludes halogenated alkanes) is 1. The second-order valence-corrected chi connectivity index (χ2v) is 6.04. The molecule has 1 aliphatic rings. The highest BCUT2D eigenvalue weighted by atomic mass is 32.1. The number of rotatable bonds is 4. The number of thiophene rings is 1. The highest BCUT2D eigenvalue weighted by Crippen LogP contribution is 2.25. The maximum absolute atomic E-state index is 4.73. The Morgan fingerprint density at radius 1 is 1.16 bits per heavy atom. The Morgan fingerprint density at radius 2 is 2.00 bits per heavy atom. The van der Waals surface area contributed by atoms with Gasteiger partial charge in [0.2, 0.25) is 0 Å². The molecule has 0 bridgehead atoms. The van der Waals surface area contributed by atoms with Crippen molar-refractivity contribution in [2.24, 2.45) is 4.99 Å². The summed E-state index contributed by atoms with van der Waals surface area (Å²) in [5.41, 5.74) is 5.23. The van der Waals surface area contributed by atoms with E-state index in [1.165, 1.54) is 46.5 Å². The van der Waals surface area contributed by atoms with Gasteiger partial charge in [0.05, 0.1) is 5.71 Å². The predicted molar refractivity (Wildman–Crippen MR) is 83.6 cm³/mol. The molecule has 1 aliphatic heterocycles. The van der Waals surface area contributed by atoms with Gasteiger partial charge >= 0.3 is 0 Å². The Hall–Kier alpha value is -1.41. The van der Waals surface area contributed by atoms with E-state index in [0.29, 0.717) is 0 Å². The average molecular weight is 269 g/mol. The first-order valence-electron chi connectivity index (χ1n) is 7.09. The van der Waals surface area contributed by atoms with Crippen LogP contribution in [0.4, 0.5) is 0 Å². The van der Waals surface area contributed by atoms with Gasteiger partial charge in [-0.3, -0.25) is 4.99 Å². The molecule has 2 heteroatoms. The van der Waals surface area contributed by atoms with E-state index in [4.69, 9.17) is 4.99 Å². The molecule has 98 valence electrons. The van der Waals surface area contributed by atoms with E-state index >= 15 is 0 Å². The number of aryl methyl sites for hydroxylation is 1. The van der Waals surface area contributed by atoms with Crippen LogP contribution in [0, 0.1) is 0 Å². The maximum atomic E-state index is 4.73. The molecule has 1 aromatic carbocycles. The number of fused-ring (bicyclic) bond motifs is 1. The van der Waals surface area contributed by atoms with Crippen LogP contribution in [-0.4, -0.2) is 12.3 Å². The second-order valence-electron chi connectivity index (χ2n) is 5.04. The third-order valence-corrected chi connectivity index (χ3v) is 4.64. The van der Waals surface area contributed by atoms with Gasteiger partial charge in [-0.15, -0.1) is 11.3 Å². The number of hydrogen-bond acceptors (Lipinski definition) is 2. The fraction of sp³-hybridized carbons (Fsp3) is 0.353. The van der Waals surface area contributed by atoms with E-state index in [1.54, 1.807) is 0 Å². The molecule has 1 nitrogen and oxygen atoms in total. The summed E-state index contributed by atoms with van der Waals surface area (Å²) in [5.74, 6) is 0. The maximum Gasteiger partial charge on any atom is 0.0730 e. The number of aliphatic imine (C=N–C) groups is 1. The Morgan fingerprint density at radius 3 is 2.79 bits per heavy atom. The molecule has 2 aromatic rings. The molecule has 0 radical (unpaired) electrons. The van der Waals surface area contributed by atoms with Crippen molar-refractivity contribution in [2.45, 2.75) is 32.6 Å². The van der Waals surface area contributed by atoms with Gasteiger partial charge in [0.15, 0.2) is 0 Å². The van der Waals surface area contributed by atoms with Crippen molar-refractivity contribution in [2.75, 3.05) is 6.54 Å². The standard InChI is InChI=1S/C17H19NS/c1-2-3-4-13-5-7-14(8-6-13)17-15-10-12-19-16(15)9-11-18-17/h5-8,10,12H,2-4,9,11H2,1H3. The normalized spacial score (nSPS) is 14.1. The molecule has 0 spiro atoms. The van der Waals surface area contributed by atoms with E-state index in [0.717, 1.165) is 13.0 Å². The highest BCUT2D eigenvalue weighted by molar-refractivity contribution is 7.10. The largest absolute Gasteiger partial charge is 0.284 e. The smallest absolute Gasteiger partial charge is 0.0730 e. The van der Waals surface area contributed by atoms with E-state index in [9.17, 15) is 0 Å². The SMILES string of the molecule is CCCCc1ccc(C2=NCCc3sccc32)cc1. The van der Waals surface area contributed by atoms with Crippen LogP contribution in [0.5, 0.6) is 0 Å². The molecule has 0 N–H and O–H groups in total. The molecule has 0 saturated carbocycles. The lowest BCUT2D eigenvalue weighted by molar-refractivity contribution is 0.795. The summed E-state index contributed by atoms with van der Waals surface area (Å²) < 4.78 is 0. The van der Waals surface area contributed by atoms with Crippen molar-refractivity contribution >= 4 is 17.0 Å². The third-order valence-electron chi connectivity index (χ3n) is 3.66. The summed E-state index contributed by atoms with van der Waals surface area (Å²) >= 11 is 1.86. The van der Waals surface area contributed by atoms with Crippen molar-refractivity contribution in [3.8, 4) is 0 Å². The van der Waals surface area contributed by atoms with Crippen molar-refractivity contribution in [3.63, 3.8) is 0 Å². The van der Waals surface area contributed by atoms with Gasteiger partial charge in [0.25, 0.3) is 0 Å². The lowest BCUT2D eigenvalue weighted by Gasteiger charge is -2.13. The molecule has 0 saturated heterocycles. The Labute approximate surface area is 119 Å². The van der Waals surface area contributed by atoms with Crippen LogP contribution < -0.4 is 0 Å². The molecule has 0 unspecified atom stereocenters.